The van der Waals surface area contributed by atoms with Crippen LogP contribution in [0.5, 0.6) is 0 Å². The SMILES string of the molecule is CC1CCCCC1.CN1CCCOCC1.O=CCOC(=O)NC1COCC1=O. The summed E-state index contributed by atoms with van der Waals surface area (Å²) in [4.78, 5) is 33.8. The molecular weight excluding hydrogens is 364 g/mol. The number of hydrogen-bond acceptors (Lipinski definition) is 7. The molecule has 3 aliphatic rings. The van der Waals surface area contributed by atoms with Crippen LogP contribution in [0.15, 0.2) is 0 Å². The van der Waals surface area contributed by atoms with E-state index in [1.807, 2.05) is 0 Å². The molecule has 3 fully saturated rings. The highest BCUT2D eigenvalue weighted by Gasteiger charge is 2.27. The van der Waals surface area contributed by atoms with Gasteiger partial charge in [0.15, 0.2) is 12.1 Å². The number of hydrogen-bond donors (Lipinski definition) is 1. The summed E-state index contributed by atoms with van der Waals surface area (Å²) >= 11 is 0. The van der Waals surface area contributed by atoms with E-state index >= 15 is 0 Å². The lowest BCUT2D eigenvalue weighted by atomic mass is 9.91. The standard InChI is InChI=1S/C7H9NO5.C7H14.C6H13NO/c9-1-2-13-7(11)8-5-3-12-4-6(5)10;1-7-5-3-2-4-6-7;1-7-3-2-5-8-6-4-7/h1,5H,2-4H2,(H,8,11);7H,2-6H2,1H3;2-6H2,1H3. The molecule has 1 N–H and O–H groups in total. The first kappa shape index (κ1) is 24.5. The van der Waals surface area contributed by atoms with E-state index in [1.165, 1.54) is 45.1 Å². The van der Waals surface area contributed by atoms with Gasteiger partial charge in [0.25, 0.3) is 0 Å². The topological polar surface area (TPSA) is 94.2 Å². The summed E-state index contributed by atoms with van der Waals surface area (Å²) in [7, 11) is 2.13. The van der Waals surface area contributed by atoms with Gasteiger partial charge < -0.3 is 24.4 Å². The molecule has 8 heteroatoms. The Kier molecular flexibility index (Phi) is 13.5. The molecule has 0 bridgehead atoms. The van der Waals surface area contributed by atoms with E-state index in [0.29, 0.717) is 6.29 Å². The number of alkyl carbamates (subject to hydrolysis) is 1. The Morgan fingerprint density at radius 1 is 1.18 bits per heavy atom. The fourth-order valence-electron chi connectivity index (χ4n) is 3.06. The Morgan fingerprint density at radius 3 is 2.50 bits per heavy atom. The Morgan fingerprint density at radius 2 is 1.93 bits per heavy atom. The molecule has 2 heterocycles. The molecule has 28 heavy (non-hydrogen) atoms. The van der Waals surface area contributed by atoms with Crippen LogP contribution in [0.25, 0.3) is 0 Å². The van der Waals surface area contributed by atoms with Gasteiger partial charge in [0, 0.05) is 19.7 Å². The van der Waals surface area contributed by atoms with E-state index in [9.17, 15) is 14.4 Å². The van der Waals surface area contributed by atoms with Crippen LogP contribution in [0, 0.1) is 5.92 Å². The Bertz CT molecular complexity index is 446. The Balaban J connectivity index is 0.000000224. The largest absolute Gasteiger partial charge is 0.442 e. The molecule has 8 nitrogen and oxygen atoms in total. The molecule has 1 aliphatic carbocycles. The van der Waals surface area contributed by atoms with E-state index in [0.717, 1.165) is 25.7 Å². The van der Waals surface area contributed by atoms with E-state index in [1.54, 1.807) is 0 Å². The maximum atomic E-state index is 10.9. The predicted octanol–water partition coefficient (Wildman–Crippen LogP) is 1.80. The zero-order valence-corrected chi connectivity index (χ0v) is 17.3. The van der Waals surface area contributed by atoms with Crippen LogP contribution >= 0.6 is 0 Å². The minimum Gasteiger partial charge on any atom is -0.442 e. The van der Waals surface area contributed by atoms with Gasteiger partial charge in [-0.15, -0.1) is 0 Å². The van der Waals surface area contributed by atoms with E-state index in [4.69, 9.17) is 9.47 Å². The molecule has 2 aliphatic heterocycles. The lowest BCUT2D eigenvalue weighted by molar-refractivity contribution is -0.119. The quantitative estimate of drug-likeness (QED) is 0.722. The molecule has 2 saturated heterocycles. The first-order valence-corrected chi connectivity index (χ1v) is 10.3. The van der Waals surface area contributed by atoms with Crippen molar-refractivity contribution in [3.63, 3.8) is 0 Å². The van der Waals surface area contributed by atoms with Crippen LogP contribution in [0.3, 0.4) is 0 Å². The second-order valence-corrected chi connectivity index (χ2v) is 7.46. The van der Waals surface area contributed by atoms with Gasteiger partial charge in [-0.1, -0.05) is 39.0 Å². The van der Waals surface area contributed by atoms with Gasteiger partial charge in [-0.05, 0) is 19.4 Å². The summed E-state index contributed by atoms with van der Waals surface area (Å²) in [5.41, 5.74) is 0. The van der Waals surface area contributed by atoms with Gasteiger partial charge in [0.2, 0.25) is 0 Å². The van der Waals surface area contributed by atoms with Crippen molar-refractivity contribution in [3.8, 4) is 0 Å². The minimum atomic E-state index is -0.782. The second-order valence-electron chi connectivity index (χ2n) is 7.46. The smallest absolute Gasteiger partial charge is 0.408 e. The molecule has 0 aromatic carbocycles. The highest BCUT2D eigenvalue weighted by molar-refractivity contribution is 5.89. The predicted molar refractivity (Wildman–Crippen MR) is 105 cm³/mol. The molecule has 0 aromatic rings. The number of likely N-dealkylation sites (N-methyl/N-ethyl adjacent to an activating group) is 1. The van der Waals surface area contributed by atoms with Gasteiger partial charge in [-0.2, -0.15) is 0 Å². The minimum absolute atomic E-state index is 0.0125. The summed E-state index contributed by atoms with van der Waals surface area (Å²) in [6, 6.07) is -0.640. The van der Waals surface area contributed by atoms with Crippen molar-refractivity contribution < 1.29 is 28.6 Å². The normalized spacial score (nSPS) is 23.4. The Labute approximate surface area is 168 Å². The fraction of sp³-hybridized carbons (Fsp3) is 0.850. The van der Waals surface area contributed by atoms with Gasteiger partial charge in [0.05, 0.1) is 13.2 Å². The zero-order valence-electron chi connectivity index (χ0n) is 17.3. The number of rotatable bonds is 3. The van der Waals surface area contributed by atoms with Crippen molar-refractivity contribution in [2.45, 2.75) is 51.5 Å². The van der Waals surface area contributed by atoms with Crippen LogP contribution in [-0.4, -0.2) is 82.3 Å². The van der Waals surface area contributed by atoms with Crippen molar-refractivity contribution in [1.29, 1.82) is 0 Å². The average Bonchev–Trinajstić information content (AvgIpc) is 2.93. The van der Waals surface area contributed by atoms with Crippen LogP contribution < -0.4 is 5.32 Å². The summed E-state index contributed by atoms with van der Waals surface area (Å²) < 4.78 is 14.4. The van der Waals surface area contributed by atoms with Gasteiger partial charge in [0.1, 0.15) is 19.3 Å². The van der Waals surface area contributed by atoms with Crippen molar-refractivity contribution in [1.82, 2.24) is 10.2 Å². The molecule has 1 saturated carbocycles. The zero-order chi connectivity index (χ0) is 20.6. The number of nitrogens with one attached hydrogen (secondary N) is 1. The number of Topliss-reactive ketones (excluding diaryl/α,β-unsaturated/α-hetero) is 1. The highest BCUT2D eigenvalue weighted by atomic mass is 16.6. The molecular formula is C20H36N2O6. The lowest BCUT2D eigenvalue weighted by Crippen LogP contribution is -2.40. The van der Waals surface area contributed by atoms with Crippen LogP contribution in [-0.2, 0) is 23.8 Å². The van der Waals surface area contributed by atoms with Crippen LogP contribution in [0.4, 0.5) is 4.79 Å². The summed E-state index contributed by atoms with van der Waals surface area (Å²) in [6.45, 7) is 6.38. The number of ketones is 1. The monoisotopic (exact) mass is 400 g/mol. The van der Waals surface area contributed by atoms with Crippen LogP contribution in [0.2, 0.25) is 0 Å². The first-order valence-electron chi connectivity index (χ1n) is 10.3. The molecule has 3 rings (SSSR count). The third kappa shape index (κ3) is 12.0. The summed E-state index contributed by atoms with van der Waals surface area (Å²) in [5.74, 6) is 0.844. The van der Waals surface area contributed by atoms with Crippen LogP contribution in [0.1, 0.15) is 45.4 Å². The molecule has 0 aromatic heterocycles. The average molecular weight is 401 g/mol. The summed E-state index contributed by atoms with van der Waals surface area (Å²) in [5, 5.41) is 2.27. The van der Waals surface area contributed by atoms with Crippen molar-refractivity contribution in [2.24, 2.45) is 5.92 Å². The number of carbonyl (C=O) groups is 3. The van der Waals surface area contributed by atoms with Gasteiger partial charge >= 0.3 is 6.09 Å². The number of amides is 1. The third-order valence-corrected chi connectivity index (χ3v) is 4.83. The van der Waals surface area contributed by atoms with Gasteiger partial charge in [-0.3, -0.25) is 9.59 Å². The van der Waals surface area contributed by atoms with Gasteiger partial charge in [-0.25, -0.2) is 4.79 Å². The number of carbonyl (C=O) groups excluding carboxylic acids is 3. The van der Waals surface area contributed by atoms with Crippen molar-refractivity contribution in [3.05, 3.63) is 0 Å². The van der Waals surface area contributed by atoms with E-state index < -0.39 is 12.1 Å². The first-order chi connectivity index (χ1) is 13.5. The maximum absolute atomic E-state index is 10.9. The number of ether oxygens (including phenoxy) is 3. The Hall–Kier alpha value is -1.51. The third-order valence-electron chi connectivity index (χ3n) is 4.83. The number of nitrogens with zero attached hydrogens (tertiary/aromatic N) is 1. The van der Waals surface area contributed by atoms with E-state index in [2.05, 4.69) is 28.9 Å². The summed E-state index contributed by atoms with van der Waals surface area (Å²) in [6.07, 6.45) is 8.30. The number of aldehydes is 1. The lowest BCUT2D eigenvalue weighted by Gasteiger charge is -2.15. The molecule has 1 unspecified atom stereocenters. The molecule has 1 atom stereocenters. The van der Waals surface area contributed by atoms with E-state index in [-0.39, 0.29) is 25.6 Å². The van der Waals surface area contributed by atoms with Crippen molar-refractivity contribution >= 4 is 18.2 Å². The molecule has 1 amide bonds. The fourth-order valence-corrected chi connectivity index (χ4v) is 3.06. The molecule has 0 spiro atoms. The molecule has 162 valence electrons. The maximum Gasteiger partial charge on any atom is 0.408 e. The second kappa shape index (κ2) is 15.4. The highest BCUT2D eigenvalue weighted by Crippen LogP contribution is 2.22. The molecule has 0 radical (unpaired) electrons. The van der Waals surface area contributed by atoms with Crippen molar-refractivity contribution in [2.75, 3.05) is 53.2 Å².